The third-order valence-corrected chi connectivity index (χ3v) is 3.30. The fraction of sp³-hybridized carbons (Fsp3) is 0.176. The summed E-state index contributed by atoms with van der Waals surface area (Å²) in [6.45, 7) is 0.191. The molecule has 0 bridgehead atoms. The van der Waals surface area contributed by atoms with Crippen molar-refractivity contribution in [2.24, 2.45) is 0 Å². The Kier molecular flexibility index (Phi) is 5.05. The standard InChI is InChI=1S/C17H15F2NO3/c1-20(16(21)14-9-13(18)7-8-15(14)19)10-11-3-5-12(6-4-11)17(22)23-2/h3-9H,10H2,1-2H3. The Morgan fingerprint density at radius 3 is 2.35 bits per heavy atom. The van der Waals surface area contributed by atoms with Gasteiger partial charge in [0, 0.05) is 13.6 Å². The van der Waals surface area contributed by atoms with Gasteiger partial charge in [0.05, 0.1) is 18.2 Å². The smallest absolute Gasteiger partial charge is 0.337 e. The minimum absolute atomic E-state index is 0.191. The van der Waals surface area contributed by atoms with Crippen LogP contribution in [0.15, 0.2) is 42.5 Å². The first-order valence-electron chi connectivity index (χ1n) is 6.80. The van der Waals surface area contributed by atoms with Gasteiger partial charge in [0.2, 0.25) is 0 Å². The van der Waals surface area contributed by atoms with Gasteiger partial charge in [-0.1, -0.05) is 12.1 Å². The van der Waals surface area contributed by atoms with Crippen molar-refractivity contribution >= 4 is 11.9 Å². The van der Waals surface area contributed by atoms with E-state index in [-0.39, 0.29) is 12.1 Å². The average Bonchev–Trinajstić information content (AvgIpc) is 2.56. The second-order valence-electron chi connectivity index (χ2n) is 4.97. The summed E-state index contributed by atoms with van der Waals surface area (Å²) in [6.07, 6.45) is 0. The number of halogens is 2. The van der Waals surface area contributed by atoms with Crippen LogP contribution in [0.1, 0.15) is 26.3 Å². The Labute approximate surface area is 132 Å². The predicted octanol–water partition coefficient (Wildman–Crippen LogP) is 3.02. The number of esters is 1. The number of carbonyl (C=O) groups excluding carboxylic acids is 2. The van der Waals surface area contributed by atoms with Crippen LogP contribution in [-0.2, 0) is 11.3 Å². The molecule has 0 heterocycles. The summed E-state index contributed by atoms with van der Waals surface area (Å²) in [5.41, 5.74) is 0.811. The predicted molar refractivity (Wildman–Crippen MR) is 79.9 cm³/mol. The summed E-state index contributed by atoms with van der Waals surface area (Å²) in [6, 6.07) is 9.22. The fourth-order valence-corrected chi connectivity index (χ4v) is 2.08. The Morgan fingerprint density at radius 2 is 1.74 bits per heavy atom. The van der Waals surface area contributed by atoms with E-state index in [2.05, 4.69) is 4.74 Å². The Bertz CT molecular complexity index is 729. The highest BCUT2D eigenvalue weighted by Crippen LogP contribution is 2.14. The second kappa shape index (κ2) is 7.00. The third kappa shape index (κ3) is 3.91. The van der Waals surface area contributed by atoms with Crippen molar-refractivity contribution in [2.45, 2.75) is 6.54 Å². The van der Waals surface area contributed by atoms with E-state index >= 15 is 0 Å². The van der Waals surface area contributed by atoms with E-state index in [4.69, 9.17) is 0 Å². The van der Waals surface area contributed by atoms with Crippen molar-refractivity contribution in [1.82, 2.24) is 4.90 Å². The first kappa shape index (κ1) is 16.6. The number of rotatable bonds is 4. The summed E-state index contributed by atoms with van der Waals surface area (Å²) in [4.78, 5) is 24.8. The lowest BCUT2D eigenvalue weighted by Gasteiger charge is -2.18. The van der Waals surface area contributed by atoms with Crippen molar-refractivity contribution in [3.05, 3.63) is 70.8 Å². The minimum Gasteiger partial charge on any atom is -0.465 e. The lowest BCUT2D eigenvalue weighted by molar-refractivity contribution is 0.0600. The van der Waals surface area contributed by atoms with E-state index in [1.165, 1.54) is 19.1 Å². The van der Waals surface area contributed by atoms with Crippen molar-refractivity contribution in [3.8, 4) is 0 Å². The molecule has 0 unspecified atom stereocenters. The van der Waals surface area contributed by atoms with E-state index in [0.717, 1.165) is 23.8 Å². The molecule has 4 nitrogen and oxygen atoms in total. The summed E-state index contributed by atoms with van der Waals surface area (Å²) in [5, 5.41) is 0. The van der Waals surface area contributed by atoms with Crippen molar-refractivity contribution in [2.75, 3.05) is 14.2 Å². The molecule has 0 atom stereocenters. The molecule has 0 aromatic heterocycles. The molecule has 0 radical (unpaired) electrons. The van der Waals surface area contributed by atoms with E-state index in [1.54, 1.807) is 24.3 Å². The Morgan fingerprint density at radius 1 is 1.09 bits per heavy atom. The zero-order valence-corrected chi connectivity index (χ0v) is 12.7. The molecule has 0 N–H and O–H groups in total. The molecule has 0 aliphatic carbocycles. The van der Waals surface area contributed by atoms with Gasteiger partial charge in [0.25, 0.3) is 5.91 Å². The maximum absolute atomic E-state index is 13.6. The Hall–Kier alpha value is -2.76. The van der Waals surface area contributed by atoms with Crippen LogP contribution in [0, 0.1) is 11.6 Å². The molecule has 0 aliphatic rings. The number of amides is 1. The maximum atomic E-state index is 13.6. The van der Waals surface area contributed by atoms with Crippen LogP contribution in [0.5, 0.6) is 0 Å². The number of nitrogens with zero attached hydrogens (tertiary/aromatic N) is 1. The number of benzene rings is 2. The molecule has 1 amide bonds. The Balaban J connectivity index is 2.12. The number of hydrogen-bond donors (Lipinski definition) is 0. The SMILES string of the molecule is COC(=O)c1ccc(CN(C)C(=O)c2cc(F)ccc2F)cc1. The minimum atomic E-state index is -0.774. The van der Waals surface area contributed by atoms with Crippen LogP contribution in [0.4, 0.5) is 8.78 Å². The van der Waals surface area contributed by atoms with Crippen LogP contribution < -0.4 is 0 Å². The fourth-order valence-electron chi connectivity index (χ4n) is 2.08. The summed E-state index contributed by atoms with van der Waals surface area (Å²) in [7, 11) is 2.77. The molecule has 0 saturated heterocycles. The van der Waals surface area contributed by atoms with E-state index < -0.39 is 23.5 Å². The number of ether oxygens (including phenoxy) is 1. The molecule has 0 aliphatic heterocycles. The van der Waals surface area contributed by atoms with E-state index in [9.17, 15) is 18.4 Å². The van der Waals surface area contributed by atoms with E-state index in [0.29, 0.717) is 5.56 Å². The highest BCUT2D eigenvalue weighted by atomic mass is 19.1. The van der Waals surface area contributed by atoms with Crippen molar-refractivity contribution in [1.29, 1.82) is 0 Å². The molecular weight excluding hydrogens is 304 g/mol. The molecule has 6 heteroatoms. The van der Waals surface area contributed by atoms with Gasteiger partial charge in [-0.15, -0.1) is 0 Å². The van der Waals surface area contributed by atoms with Crippen LogP contribution in [0.2, 0.25) is 0 Å². The average molecular weight is 319 g/mol. The van der Waals surface area contributed by atoms with Crippen LogP contribution in [0.3, 0.4) is 0 Å². The van der Waals surface area contributed by atoms with Crippen molar-refractivity contribution in [3.63, 3.8) is 0 Å². The van der Waals surface area contributed by atoms with Gasteiger partial charge in [-0.2, -0.15) is 0 Å². The highest BCUT2D eigenvalue weighted by Gasteiger charge is 2.17. The molecular formula is C17H15F2NO3. The zero-order chi connectivity index (χ0) is 17.0. The molecule has 2 rings (SSSR count). The van der Waals surface area contributed by atoms with Crippen molar-refractivity contribution < 1.29 is 23.1 Å². The molecule has 0 fully saturated rings. The van der Waals surface area contributed by atoms with Crippen LogP contribution in [-0.4, -0.2) is 30.9 Å². The largest absolute Gasteiger partial charge is 0.465 e. The number of carbonyl (C=O) groups is 2. The van der Waals surface area contributed by atoms with Gasteiger partial charge in [-0.25, -0.2) is 13.6 Å². The molecule has 2 aromatic carbocycles. The van der Waals surface area contributed by atoms with Gasteiger partial charge in [-0.3, -0.25) is 4.79 Å². The van der Waals surface area contributed by atoms with Gasteiger partial charge >= 0.3 is 5.97 Å². The number of methoxy groups -OCH3 is 1. The molecule has 120 valence electrons. The summed E-state index contributed by atoms with van der Waals surface area (Å²) < 4.78 is 31.4. The quantitative estimate of drug-likeness (QED) is 0.814. The normalized spacial score (nSPS) is 10.3. The molecule has 23 heavy (non-hydrogen) atoms. The van der Waals surface area contributed by atoms with E-state index in [1.807, 2.05) is 0 Å². The topological polar surface area (TPSA) is 46.6 Å². The lowest BCUT2D eigenvalue weighted by atomic mass is 10.1. The van der Waals surface area contributed by atoms with Crippen LogP contribution >= 0.6 is 0 Å². The first-order chi connectivity index (χ1) is 10.9. The van der Waals surface area contributed by atoms with Gasteiger partial charge in [0.15, 0.2) is 0 Å². The maximum Gasteiger partial charge on any atom is 0.337 e. The van der Waals surface area contributed by atoms with Gasteiger partial charge in [0.1, 0.15) is 11.6 Å². The lowest BCUT2D eigenvalue weighted by Crippen LogP contribution is -2.27. The molecule has 0 spiro atoms. The molecule has 0 saturated carbocycles. The molecule has 2 aromatic rings. The number of hydrogen-bond acceptors (Lipinski definition) is 3. The van der Waals surface area contributed by atoms with Crippen LogP contribution in [0.25, 0.3) is 0 Å². The second-order valence-corrected chi connectivity index (χ2v) is 4.97. The zero-order valence-electron chi connectivity index (χ0n) is 12.7. The third-order valence-electron chi connectivity index (χ3n) is 3.30. The highest BCUT2D eigenvalue weighted by molar-refractivity contribution is 5.94. The summed E-state index contributed by atoms with van der Waals surface area (Å²) in [5.74, 6) is -2.53. The van der Waals surface area contributed by atoms with Gasteiger partial charge in [-0.05, 0) is 35.9 Å². The monoisotopic (exact) mass is 319 g/mol. The summed E-state index contributed by atoms with van der Waals surface area (Å²) >= 11 is 0. The van der Waals surface area contributed by atoms with Gasteiger partial charge < -0.3 is 9.64 Å². The first-order valence-corrected chi connectivity index (χ1v) is 6.80.